The highest BCUT2D eigenvalue weighted by atomic mass is 127. The van der Waals surface area contributed by atoms with Crippen molar-refractivity contribution in [2.75, 3.05) is 7.11 Å². The molecule has 2 aromatic rings. The molecule has 94 valence electrons. The second kappa shape index (κ2) is 5.96. The van der Waals surface area contributed by atoms with Gasteiger partial charge in [0.25, 0.3) is 0 Å². The molecule has 5 nitrogen and oxygen atoms in total. The van der Waals surface area contributed by atoms with Gasteiger partial charge < -0.3 is 14.6 Å². The quantitative estimate of drug-likeness (QED) is 0.851. The molecule has 0 aliphatic heterocycles. The van der Waals surface area contributed by atoms with Crippen LogP contribution in [0.25, 0.3) is 0 Å². The van der Waals surface area contributed by atoms with E-state index in [-0.39, 0.29) is 12.6 Å². The second-order valence-corrected chi connectivity index (χ2v) is 4.67. The SMILES string of the molecule is COc1cc(CO)ccc1Oc1ncc(I)cn1. The molecule has 0 spiro atoms. The number of aliphatic hydroxyl groups is 1. The number of methoxy groups -OCH3 is 1. The van der Waals surface area contributed by atoms with Gasteiger partial charge in [0.05, 0.1) is 13.7 Å². The van der Waals surface area contributed by atoms with Crippen molar-refractivity contribution in [2.24, 2.45) is 0 Å². The largest absolute Gasteiger partial charge is 0.493 e. The van der Waals surface area contributed by atoms with Crippen LogP contribution < -0.4 is 9.47 Å². The first-order valence-electron chi connectivity index (χ1n) is 5.16. The normalized spacial score (nSPS) is 10.2. The number of nitrogens with zero attached hydrogens (tertiary/aromatic N) is 2. The fraction of sp³-hybridized carbons (Fsp3) is 0.167. The van der Waals surface area contributed by atoms with Crippen LogP contribution in [-0.4, -0.2) is 22.2 Å². The lowest BCUT2D eigenvalue weighted by Crippen LogP contribution is -1.95. The third-order valence-corrected chi connectivity index (χ3v) is 2.77. The molecule has 0 aliphatic rings. The number of aliphatic hydroxyl groups excluding tert-OH is 1. The Bertz CT molecular complexity index is 531. The number of hydrogen-bond donors (Lipinski definition) is 1. The zero-order valence-electron chi connectivity index (χ0n) is 9.63. The molecule has 0 unspecified atom stereocenters. The Balaban J connectivity index is 2.25. The van der Waals surface area contributed by atoms with Crippen LogP contribution in [0.3, 0.4) is 0 Å². The number of hydrogen-bond acceptors (Lipinski definition) is 5. The summed E-state index contributed by atoms with van der Waals surface area (Å²) < 4.78 is 11.6. The maximum atomic E-state index is 9.05. The standard InChI is InChI=1S/C12H11IN2O3/c1-17-11-4-8(7-16)2-3-10(11)18-12-14-5-9(13)6-15-12/h2-6,16H,7H2,1H3. The van der Waals surface area contributed by atoms with E-state index >= 15 is 0 Å². The van der Waals surface area contributed by atoms with Crippen molar-refractivity contribution in [3.05, 3.63) is 39.7 Å². The summed E-state index contributed by atoms with van der Waals surface area (Å²) in [5.74, 6) is 1.04. The van der Waals surface area contributed by atoms with Crippen LogP contribution in [-0.2, 0) is 6.61 Å². The predicted molar refractivity (Wildman–Crippen MR) is 73.7 cm³/mol. The smallest absolute Gasteiger partial charge is 0.322 e. The first kappa shape index (κ1) is 13.0. The van der Waals surface area contributed by atoms with E-state index in [1.54, 1.807) is 30.6 Å². The molecular formula is C12H11IN2O3. The van der Waals surface area contributed by atoms with Gasteiger partial charge >= 0.3 is 6.01 Å². The summed E-state index contributed by atoms with van der Waals surface area (Å²) in [7, 11) is 1.54. The first-order chi connectivity index (χ1) is 8.72. The van der Waals surface area contributed by atoms with Gasteiger partial charge in [0.15, 0.2) is 11.5 Å². The highest BCUT2D eigenvalue weighted by molar-refractivity contribution is 14.1. The summed E-state index contributed by atoms with van der Waals surface area (Å²) >= 11 is 2.12. The molecule has 0 amide bonds. The summed E-state index contributed by atoms with van der Waals surface area (Å²) in [4.78, 5) is 8.09. The average Bonchev–Trinajstić information content (AvgIpc) is 2.41. The van der Waals surface area contributed by atoms with Gasteiger partial charge in [-0.2, -0.15) is 0 Å². The lowest BCUT2D eigenvalue weighted by molar-refractivity contribution is 0.280. The summed E-state index contributed by atoms with van der Waals surface area (Å²) in [6, 6.07) is 5.43. The Morgan fingerprint density at radius 1 is 1.22 bits per heavy atom. The molecular weight excluding hydrogens is 347 g/mol. The monoisotopic (exact) mass is 358 g/mol. The molecule has 0 bridgehead atoms. The van der Waals surface area contributed by atoms with Gasteiger partial charge in [-0.3, -0.25) is 0 Å². The molecule has 2 rings (SSSR count). The Labute approximate surface area is 118 Å². The third-order valence-electron chi connectivity index (χ3n) is 2.21. The van der Waals surface area contributed by atoms with Crippen molar-refractivity contribution in [3.8, 4) is 17.5 Å². The Morgan fingerprint density at radius 2 is 1.94 bits per heavy atom. The molecule has 0 saturated carbocycles. The molecule has 0 aliphatic carbocycles. The van der Waals surface area contributed by atoms with E-state index in [2.05, 4.69) is 32.6 Å². The minimum absolute atomic E-state index is 0.0450. The van der Waals surface area contributed by atoms with Crippen molar-refractivity contribution >= 4 is 22.6 Å². The minimum Gasteiger partial charge on any atom is -0.493 e. The first-order valence-corrected chi connectivity index (χ1v) is 6.24. The molecule has 0 radical (unpaired) electrons. The van der Waals surface area contributed by atoms with Gasteiger partial charge in [-0.25, -0.2) is 9.97 Å². The van der Waals surface area contributed by atoms with Crippen LogP contribution in [0.15, 0.2) is 30.6 Å². The van der Waals surface area contributed by atoms with Crippen LogP contribution in [0.1, 0.15) is 5.56 Å². The molecule has 0 fully saturated rings. The zero-order valence-corrected chi connectivity index (χ0v) is 11.8. The summed E-state index contributed by atoms with van der Waals surface area (Å²) in [6.45, 7) is -0.0450. The van der Waals surface area contributed by atoms with Crippen molar-refractivity contribution in [2.45, 2.75) is 6.61 Å². The maximum Gasteiger partial charge on any atom is 0.322 e. The Kier molecular flexibility index (Phi) is 4.32. The lowest BCUT2D eigenvalue weighted by Gasteiger charge is -2.09. The van der Waals surface area contributed by atoms with Crippen molar-refractivity contribution in [1.29, 1.82) is 0 Å². The van der Waals surface area contributed by atoms with Crippen molar-refractivity contribution in [3.63, 3.8) is 0 Å². The van der Waals surface area contributed by atoms with E-state index in [9.17, 15) is 0 Å². The lowest BCUT2D eigenvalue weighted by atomic mass is 10.2. The molecule has 6 heteroatoms. The Hall–Kier alpha value is -1.41. The molecule has 1 aromatic carbocycles. The molecule has 1 aromatic heterocycles. The van der Waals surface area contributed by atoms with Crippen LogP contribution in [0.4, 0.5) is 0 Å². The van der Waals surface area contributed by atoms with Crippen molar-refractivity contribution in [1.82, 2.24) is 9.97 Å². The van der Waals surface area contributed by atoms with Crippen molar-refractivity contribution < 1.29 is 14.6 Å². The zero-order chi connectivity index (χ0) is 13.0. The summed E-state index contributed by atoms with van der Waals surface area (Å²) in [5.41, 5.74) is 0.753. The van der Waals surface area contributed by atoms with Crippen LogP contribution in [0.5, 0.6) is 17.5 Å². The average molecular weight is 358 g/mol. The van der Waals surface area contributed by atoms with E-state index in [0.717, 1.165) is 9.13 Å². The van der Waals surface area contributed by atoms with Gasteiger partial charge in [-0.15, -0.1) is 0 Å². The van der Waals surface area contributed by atoms with Gasteiger partial charge in [0.2, 0.25) is 0 Å². The summed E-state index contributed by atoms with van der Waals surface area (Å²) in [5, 5.41) is 9.05. The number of ether oxygens (including phenoxy) is 2. The molecule has 18 heavy (non-hydrogen) atoms. The minimum atomic E-state index is -0.0450. The highest BCUT2D eigenvalue weighted by Gasteiger charge is 2.08. The number of benzene rings is 1. The van der Waals surface area contributed by atoms with E-state index in [4.69, 9.17) is 14.6 Å². The topological polar surface area (TPSA) is 64.5 Å². The second-order valence-electron chi connectivity index (χ2n) is 3.43. The number of aromatic nitrogens is 2. The van der Waals surface area contributed by atoms with Gasteiger partial charge in [0.1, 0.15) is 0 Å². The highest BCUT2D eigenvalue weighted by Crippen LogP contribution is 2.30. The van der Waals surface area contributed by atoms with Crippen LogP contribution >= 0.6 is 22.6 Å². The summed E-state index contributed by atoms with van der Waals surface area (Å²) in [6.07, 6.45) is 3.33. The van der Waals surface area contributed by atoms with E-state index in [1.165, 1.54) is 7.11 Å². The fourth-order valence-corrected chi connectivity index (χ4v) is 1.62. The van der Waals surface area contributed by atoms with E-state index in [0.29, 0.717) is 11.5 Å². The van der Waals surface area contributed by atoms with E-state index < -0.39 is 0 Å². The van der Waals surface area contributed by atoms with Gasteiger partial charge in [-0.05, 0) is 40.3 Å². The molecule has 0 atom stereocenters. The Morgan fingerprint density at radius 3 is 2.56 bits per heavy atom. The van der Waals surface area contributed by atoms with Crippen LogP contribution in [0, 0.1) is 3.57 Å². The number of halogens is 1. The maximum absolute atomic E-state index is 9.05. The third kappa shape index (κ3) is 3.08. The van der Waals surface area contributed by atoms with E-state index in [1.807, 2.05) is 0 Å². The number of rotatable bonds is 4. The molecule has 1 N–H and O–H groups in total. The molecule has 0 saturated heterocycles. The van der Waals surface area contributed by atoms with Gasteiger partial charge in [-0.1, -0.05) is 6.07 Å². The van der Waals surface area contributed by atoms with Crippen LogP contribution in [0.2, 0.25) is 0 Å². The molecule has 1 heterocycles. The fourth-order valence-electron chi connectivity index (χ4n) is 1.35. The van der Waals surface area contributed by atoms with Gasteiger partial charge in [0, 0.05) is 16.0 Å². The predicted octanol–water partition coefficient (Wildman–Crippen LogP) is 2.37.